The Morgan fingerprint density at radius 3 is 3.24 bits per heavy atom. The van der Waals surface area contributed by atoms with Gasteiger partial charge in [-0.05, 0) is 6.07 Å². The highest BCUT2D eigenvalue weighted by Gasteiger charge is 2.30. The first-order chi connectivity index (χ1) is 8.25. The standard InChI is InChI=1S/C11H13N3O3/c15-14(16)8-1-2-10-11(5-8)17-7-9-6-12-3-4-13(9)10/h1-2,5,9,12H,3-4,6-7H2. The number of benzene rings is 1. The van der Waals surface area contributed by atoms with Crippen molar-refractivity contribution in [3.05, 3.63) is 28.3 Å². The van der Waals surface area contributed by atoms with Crippen molar-refractivity contribution in [1.82, 2.24) is 5.32 Å². The van der Waals surface area contributed by atoms with Gasteiger partial charge in [-0.25, -0.2) is 0 Å². The maximum Gasteiger partial charge on any atom is 0.273 e. The molecule has 1 aromatic carbocycles. The second-order valence-corrected chi connectivity index (χ2v) is 4.27. The Kier molecular flexibility index (Phi) is 2.36. The van der Waals surface area contributed by atoms with Crippen molar-refractivity contribution in [2.75, 3.05) is 31.1 Å². The van der Waals surface area contributed by atoms with Crippen molar-refractivity contribution in [1.29, 1.82) is 0 Å². The van der Waals surface area contributed by atoms with Gasteiger partial charge in [-0.15, -0.1) is 0 Å². The predicted molar refractivity (Wildman–Crippen MR) is 62.6 cm³/mol. The SMILES string of the molecule is O=[N+]([O-])c1ccc2c(c1)OCC1CNCCN21. The first-order valence-corrected chi connectivity index (χ1v) is 5.64. The fourth-order valence-corrected chi connectivity index (χ4v) is 2.38. The first-order valence-electron chi connectivity index (χ1n) is 5.64. The summed E-state index contributed by atoms with van der Waals surface area (Å²) in [4.78, 5) is 12.6. The molecule has 2 aliphatic heterocycles. The monoisotopic (exact) mass is 235 g/mol. The number of anilines is 1. The molecule has 2 aliphatic rings. The summed E-state index contributed by atoms with van der Waals surface area (Å²) in [6.45, 7) is 3.34. The third kappa shape index (κ3) is 1.70. The molecule has 1 fully saturated rings. The second kappa shape index (κ2) is 3.89. The highest BCUT2D eigenvalue weighted by atomic mass is 16.6. The number of nitro benzene ring substituents is 1. The van der Waals surface area contributed by atoms with Crippen LogP contribution < -0.4 is 15.0 Å². The van der Waals surface area contributed by atoms with Crippen LogP contribution in [-0.4, -0.2) is 37.2 Å². The molecule has 0 aliphatic carbocycles. The molecule has 17 heavy (non-hydrogen) atoms. The van der Waals surface area contributed by atoms with Gasteiger partial charge in [0.05, 0.1) is 22.7 Å². The Bertz CT molecular complexity index is 463. The average Bonchev–Trinajstić information content (AvgIpc) is 2.38. The normalized spacial score (nSPS) is 22.4. The smallest absolute Gasteiger partial charge is 0.273 e. The zero-order valence-corrected chi connectivity index (χ0v) is 9.26. The quantitative estimate of drug-likeness (QED) is 0.575. The van der Waals surface area contributed by atoms with Gasteiger partial charge in [-0.1, -0.05) is 0 Å². The molecular formula is C11H13N3O3. The maximum absolute atomic E-state index is 10.7. The summed E-state index contributed by atoms with van der Waals surface area (Å²) in [5.41, 5.74) is 1.05. The fourth-order valence-electron chi connectivity index (χ4n) is 2.38. The Morgan fingerprint density at radius 2 is 2.41 bits per heavy atom. The van der Waals surface area contributed by atoms with Gasteiger partial charge in [0.25, 0.3) is 5.69 Å². The van der Waals surface area contributed by atoms with Crippen LogP contribution in [0.5, 0.6) is 5.75 Å². The summed E-state index contributed by atoms with van der Waals surface area (Å²) in [6.07, 6.45) is 0. The van der Waals surface area contributed by atoms with Crippen LogP contribution in [0.15, 0.2) is 18.2 Å². The molecular weight excluding hydrogens is 222 g/mol. The molecule has 1 N–H and O–H groups in total. The van der Waals surface area contributed by atoms with E-state index < -0.39 is 4.92 Å². The highest BCUT2D eigenvalue weighted by molar-refractivity contribution is 5.64. The number of piperazine rings is 1. The summed E-state index contributed by atoms with van der Waals surface area (Å²) in [5, 5.41) is 14.0. The molecule has 1 atom stereocenters. The Morgan fingerprint density at radius 1 is 1.53 bits per heavy atom. The molecule has 1 aromatic rings. The number of fused-ring (bicyclic) bond motifs is 3. The number of hydrogen-bond donors (Lipinski definition) is 1. The van der Waals surface area contributed by atoms with E-state index in [0.717, 1.165) is 25.3 Å². The zero-order valence-electron chi connectivity index (χ0n) is 9.26. The van der Waals surface area contributed by atoms with Crippen molar-refractivity contribution in [2.24, 2.45) is 0 Å². The van der Waals surface area contributed by atoms with E-state index in [0.29, 0.717) is 18.4 Å². The molecule has 0 saturated carbocycles. The van der Waals surface area contributed by atoms with Crippen LogP contribution in [0.2, 0.25) is 0 Å². The summed E-state index contributed by atoms with van der Waals surface area (Å²) < 4.78 is 5.60. The Labute approximate surface area is 98.3 Å². The molecule has 2 heterocycles. The van der Waals surface area contributed by atoms with Crippen molar-refractivity contribution < 1.29 is 9.66 Å². The van der Waals surface area contributed by atoms with Crippen LogP contribution >= 0.6 is 0 Å². The minimum atomic E-state index is -0.395. The lowest BCUT2D eigenvalue weighted by atomic mass is 10.1. The van der Waals surface area contributed by atoms with Gasteiger partial charge in [0.15, 0.2) is 0 Å². The number of rotatable bonds is 1. The van der Waals surface area contributed by atoms with Crippen LogP contribution in [0.1, 0.15) is 0 Å². The number of hydrogen-bond acceptors (Lipinski definition) is 5. The van der Waals surface area contributed by atoms with Crippen LogP contribution in [0, 0.1) is 10.1 Å². The minimum absolute atomic E-state index is 0.0809. The molecule has 6 heteroatoms. The summed E-state index contributed by atoms with van der Waals surface area (Å²) in [7, 11) is 0. The minimum Gasteiger partial charge on any atom is -0.489 e. The van der Waals surface area contributed by atoms with Gasteiger partial charge in [0, 0.05) is 25.7 Å². The molecule has 0 radical (unpaired) electrons. The number of non-ortho nitro benzene ring substituents is 1. The van der Waals surface area contributed by atoms with Crippen molar-refractivity contribution in [2.45, 2.75) is 6.04 Å². The summed E-state index contributed by atoms with van der Waals surface area (Å²) >= 11 is 0. The molecule has 6 nitrogen and oxygen atoms in total. The van der Waals surface area contributed by atoms with E-state index in [1.54, 1.807) is 6.07 Å². The summed E-state index contributed by atoms with van der Waals surface area (Å²) in [6, 6.07) is 5.16. The van der Waals surface area contributed by atoms with Gasteiger partial charge < -0.3 is 15.0 Å². The van der Waals surface area contributed by atoms with E-state index in [9.17, 15) is 10.1 Å². The number of nitro groups is 1. The lowest BCUT2D eigenvalue weighted by molar-refractivity contribution is -0.384. The van der Waals surface area contributed by atoms with Crippen molar-refractivity contribution in [3.8, 4) is 5.75 Å². The van der Waals surface area contributed by atoms with Crippen LogP contribution in [0.25, 0.3) is 0 Å². The summed E-state index contributed by atoms with van der Waals surface area (Å²) in [5.74, 6) is 0.623. The van der Waals surface area contributed by atoms with E-state index >= 15 is 0 Å². The van der Waals surface area contributed by atoms with E-state index in [-0.39, 0.29) is 5.69 Å². The molecule has 0 aromatic heterocycles. The Balaban J connectivity index is 1.97. The van der Waals surface area contributed by atoms with Crippen molar-refractivity contribution >= 4 is 11.4 Å². The van der Waals surface area contributed by atoms with E-state index in [4.69, 9.17) is 4.74 Å². The third-order valence-electron chi connectivity index (χ3n) is 3.25. The molecule has 3 rings (SSSR count). The first kappa shape index (κ1) is 10.3. The number of nitrogens with one attached hydrogen (secondary N) is 1. The van der Waals surface area contributed by atoms with Crippen LogP contribution in [-0.2, 0) is 0 Å². The van der Waals surface area contributed by atoms with Crippen LogP contribution in [0.3, 0.4) is 0 Å². The maximum atomic E-state index is 10.7. The van der Waals surface area contributed by atoms with Crippen LogP contribution in [0.4, 0.5) is 11.4 Å². The molecule has 1 saturated heterocycles. The van der Waals surface area contributed by atoms with Gasteiger partial charge in [-0.3, -0.25) is 10.1 Å². The van der Waals surface area contributed by atoms with Gasteiger partial charge in [-0.2, -0.15) is 0 Å². The van der Waals surface area contributed by atoms with E-state index in [1.807, 2.05) is 0 Å². The molecule has 1 unspecified atom stereocenters. The fraction of sp³-hybridized carbons (Fsp3) is 0.455. The second-order valence-electron chi connectivity index (χ2n) is 4.27. The number of nitrogens with zero attached hydrogens (tertiary/aromatic N) is 2. The van der Waals surface area contributed by atoms with E-state index in [1.165, 1.54) is 12.1 Å². The van der Waals surface area contributed by atoms with Gasteiger partial charge >= 0.3 is 0 Å². The molecule has 90 valence electrons. The van der Waals surface area contributed by atoms with E-state index in [2.05, 4.69) is 10.2 Å². The molecule has 0 bridgehead atoms. The Hall–Kier alpha value is -1.82. The predicted octanol–water partition coefficient (Wildman–Crippen LogP) is 0.765. The third-order valence-corrected chi connectivity index (χ3v) is 3.25. The molecule has 0 amide bonds. The van der Waals surface area contributed by atoms with Gasteiger partial charge in [0.2, 0.25) is 0 Å². The molecule has 0 spiro atoms. The van der Waals surface area contributed by atoms with Crippen molar-refractivity contribution in [3.63, 3.8) is 0 Å². The topological polar surface area (TPSA) is 67.6 Å². The largest absolute Gasteiger partial charge is 0.489 e. The number of ether oxygens (including phenoxy) is 1. The highest BCUT2D eigenvalue weighted by Crippen LogP contribution is 2.36. The average molecular weight is 235 g/mol. The lowest BCUT2D eigenvalue weighted by Crippen LogP contribution is -2.55. The van der Waals surface area contributed by atoms with Gasteiger partial charge in [0.1, 0.15) is 12.4 Å². The zero-order chi connectivity index (χ0) is 11.8. The lowest BCUT2D eigenvalue weighted by Gasteiger charge is -2.41.